The molecule has 0 aromatic heterocycles. The van der Waals surface area contributed by atoms with Crippen LogP contribution in [0, 0.1) is 11.3 Å². The molecular formula is C11H11NO2S. The summed E-state index contributed by atoms with van der Waals surface area (Å²) in [6.45, 7) is 1.92. The molecule has 1 rings (SSSR count). The van der Waals surface area contributed by atoms with Gasteiger partial charge in [-0.05, 0) is 24.1 Å². The van der Waals surface area contributed by atoms with E-state index in [-0.39, 0.29) is 5.56 Å². The van der Waals surface area contributed by atoms with Crippen LogP contribution in [0.4, 0.5) is 0 Å². The van der Waals surface area contributed by atoms with Gasteiger partial charge in [0, 0.05) is 4.90 Å². The van der Waals surface area contributed by atoms with Crippen molar-refractivity contribution in [2.24, 2.45) is 0 Å². The smallest absolute Gasteiger partial charge is 0.339 e. The minimum atomic E-state index is -0.503. The number of thiol groups is 1. The quantitative estimate of drug-likeness (QED) is 0.615. The van der Waals surface area contributed by atoms with Crippen molar-refractivity contribution in [3.05, 3.63) is 28.8 Å². The second-order valence-corrected chi connectivity index (χ2v) is 3.50. The highest BCUT2D eigenvalue weighted by molar-refractivity contribution is 7.80. The second kappa shape index (κ2) is 4.85. The van der Waals surface area contributed by atoms with Gasteiger partial charge < -0.3 is 4.74 Å². The van der Waals surface area contributed by atoms with E-state index in [1.54, 1.807) is 12.1 Å². The van der Waals surface area contributed by atoms with E-state index in [1.807, 2.05) is 13.0 Å². The second-order valence-electron chi connectivity index (χ2n) is 2.98. The van der Waals surface area contributed by atoms with E-state index >= 15 is 0 Å². The SMILES string of the molecule is CCc1cc(S)cc(C(=O)OC)c1C#N. The fraction of sp³-hybridized carbons (Fsp3) is 0.273. The van der Waals surface area contributed by atoms with Crippen molar-refractivity contribution in [2.45, 2.75) is 18.2 Å². The summed E-state index contributed by atoms with van der Waals surface area (Å²) in [4.78, 5) is 12.1. The maximum Gasteiger partial charge on any atom is 0.339 e. The molecule has 15 heavy (non-hydrogen) atoms. The fourth-order valence-corrected chi connectivity index (χ4v) is 1.65. The molecule has 3 nitrogen and oxygen atoms in total. The fourth-order valence-electron chi connectivity index (χ4n) is 1.37. The molecule has 0 aliphatic carbocycles. The highest BCUT2D eigenvalue weighted by atomic mass is 32.1. The van der Waals surface area contributed by atoms with E-state index in [9.17, 15) is 4.79 Å². The van der Waals surface area contributed by atoms with E-state index in [1.165, 1.54) is 7.11 Å². The molecule has 0 N–H and O–H groups in total. The molecule has 0 saturated heterocycles. The number of rotatable bonds is 2. The molecule has 0 bridgehead atoms. The number of carbonyl (C=O) groups is 1. The molecule has 0 radical (unpaired) electrons. The summed E-state index contributed by atoms with van der Waals surface area (Å²) in [6, 6.07) is 5.36. The average Bonchev–Trinajstić information content (AvgIpc) is 2.26. The summed E-state index contributed by atoms with van der Waals surface area (Å²) in [5.41, 5.74) is 1.47. The molecule has 0 unspecified atom stereocenters. The normalized spacial score (nSPS) is 9.47. The van der Waals surface area contributed by atoms with Crippen molar-refractivity contribution in [2.75, 3.05) is 7.11 Å². The maximum absolute atomic E-state index is 11.4. The molecule has 0 fully saturated rings. The maximum atomic E-state index is 11.4. The van der Waals surface area contributed by atoms with Gasteiger partial charge in [-0.3, -0.25) is 0 Å². The van der Waals surface area contributed by atoms with Crippen molar-refractivity contribution < 1.29 is 9.53 Å². The Morgan fingerprint density at radius 1 is 1.60 bits per heavy atom. The number of ether oxygens (including phenoxy) is 1. The molecule has 0 heterocycles. The number of methoxy groups -OCH3 is 1. The van der Waals surface area contributed by atoms with Crippen molar-refractivity contribution in [1.29, 1.82) is 5.26 Å². The number of benzene rings is 1. The first-order valence-corrected chi connectivity index (χ1v) is 4.93. The van der Waals surface area contributed by atoms with E-state index in [0.29, 0.717) is 16.9 Å². The Bertz CT molecular complexity index is 435. The Morgan fingerprint density at radius 2 is 2.27 bits per heavy atom. The van der Waals surface area contributed by atoms with Crippen LogP contribution in [-0.4, -0.2) is 13.1 Å². The first-order valence-electron chi connectivity index (χ1n) is 4.48. The van der Waals surface area contributed by atoms with Crippen LogP contribution < -0.4 is 0 Å². The van der Waals surface area contributed by atoms with Crippen molar-refractivity contribution in [1.82, 2.24) is 0 Å². The summed E-state index contributed by atoms with van der Waals surface area (Å²) in [7, 11) is 1.29. The highest BCUT2D eigenvalue weighted by Crippen LogP contribution is 2.20. The topological polar surface area (TPSA) is 50.1 Å². The Hall–Kier alpha value is -1.47. The third-order valence-corrected chi connectivity index (χ3v) is 2.36. The molecule has 1 aromatic rings. The van der Waals surface area contributed by atoms with Crippen LogP contribution in [0.1, 0.15) is 28.4 Å². The monoisotopic (exact) mass is 221 g/mol. The summed E-state index contributed by atoms with van der Waals surface area (Å²) in [5, 5.41) is 8.98. The van der Waals surface area contributed by atoms with Gasteiger partial charge in [-0.2, -0.15) is 5.26 Å². The molecule has 0 saturated carbocycles. The van der Waals surface area contributed by atoms with Gasteiger partial charge in [-0.25, -0.2) is 4.79 Å². The third-order valence-electron chi connectivity index (χ3n) is 2.10. The number of nitriles is 1. The Morgan fingerprint density at radius 3 is 2.73 bits per heavy atom. The van der Waals surface area contributed by atoms with Crippen LogP contribution in [0.15, 0.2) is 17.0 Å². The Labute approximate surface area is 94.1 Å². The summed E-state index contributed by atoms with van der Waals surface area (Å²) < 4.78 is 4.61. The van der Waals surface area contributed by atoms with Gasteiger partial charge in [0.25, 0.3) is 0 Å². The van der Waals surface area contributed by atoms with Gasteiger partial charge in [0.05, 0.1) is 18.2 Å². The molecule has 0 atom stereocenters. The lowest BCUT2D eigenvalue weighted by Gasteiger charge is -2.07. The van der Waals surface area contributed by atoms with Gasteiger partial charge in [-0.15, -0.1) is 12.6 Å². The third kappa shape index (κ3) is 2.31. The van der Waals surface area contributed by atoms with E-state index in [2.05, 4.69) is 17.4 Å². The molecule has 4 heteroatoms. The van der Waals surface area contributed by atoms with Gasteiger partial charge in [0.15, 0.2) is 0 Å². The molecule has 0 amide bonds. The Kier molecular flexibility index (Phi) is 3.75. The molecule has 0 aliphatic heterocycles. The van der Waals surface area contributed by atoms with Crippen LogP contribution >= 0.6 is 12.6 Å². The van der Waals surface area contributed by atoms with Crippen molar-refractivity contribution in [3.63, 3.8) is 0 Å². The average molecular weight is 221 g/mol. The molecule has 1 aromatic carbocycles. The lowest BCUT2D eigenvalue weighted by Crippen LogP contribution is -2.06. The first-order chi connectivity index (χ1) is 7.13. The van der Waals surface area contributed by atoms with Crippen LogP contribution in [0.3, 0.4) is 0 Å². The minimum absolute atomic E-state index is 0.282. The van der Waals surface area contributed by atoms with Crippen LogP contribution in [0.2, 0.25) is 0 Å². The standard InChI is InChI=1S/C11H11NO2S/c1-3-7-4-8(15)5-9(10(7)6-12)11(13)14-2/h4-5,15H,3H2,1-2H3. The first kappa shape index (κ1) is 11.6. The minimum Gasteiger partial charge on any atom is -0.465 e. The Balaban J connectivity index is 3.43. The lowest BCUT2D eigenvalue weighted by molar-refractivity contribution is 0.0600. The van der Waals surface area contributed by atoms with E-state index in [0.717, 1.165) is 5.56 Å². The number of hydrogen-bond acceptors (Lipinski definition) is 4. The number of nitrogens with zero attached hydrogens (tertiary/aromatic N) is 1. The number of carbonyl (C=O) groups excluding carboxylic acids is 1. The van der Waals surface area contributed by atoms with Gasteiger partial charge in [0.2, 0.25) is 0 Å². The highest BCUT2D eigenvalue weighted by Gasteiger charge is 2.15. The number of aryl methyl sites for hydroxylation is 1. The molecule has 0 spiro atoms. The van der Waals surface area contributed by atoms with Crippen LogP contribution in [-0.2, 0) is 11.2 Å². The van der Waals surface area contributed by atoms with E-state index in [4.69, 9.17) is 5.26 Å². The van der Waals surface area contributed by atoms with Crippen molar-refractivity contribution in [3.8, 4) is 6.07 Å². The molecule has 78 valence electrons. The predicted molar refractivity (Wildman–Crippen MR) is 59.1 cm³/mol. The lowest BCUT2D eigenvalue weighted by atomic mass is 10.0. The zero-order chi connectivity index (χ0) is 11.4. The summed E-state index contributed by atoms with van der Waals surface area (Å²) in [6.07, 6.45) is 0.682. The van der Waals surface area contributed by atoms with Gasteiger partial charge in [0.1, 0.15) is 6.07 Å². The molecule has 0 aliphatic rings. The summed E-state index contributed by atoms with van der Waals surface area (Å²) in [5.74, 6) is -0.503. The van der Waals surface area contributed by atoms with E-state index < -0.39 is 5.97 Å². The summed E-state index contributed by atoms with van der Waals surface area (Å²) >= 11 is 4.18. The number of hydrogen-bond donors (Lipinski definition) is 1. The van der Waals surface area contributed by atoms with Gasteiger partial charge in [-0.1, -0.05) is 6.92 Å². The predicted octanol–water partition coefficient (Wildman–Crippen LogP) is 2.20. The zero-order valence-electron chi connectivity index (χ0n) is 8.57. The van der Waals surface area contributed by atoms with Crippen LogP contribution in [0.5, 0.6) is 0 Å². The van der Waals surface area contributed by atoms with Gasteiger partial charge >= 0.3 is 5.97 Å². The largest absolute Gasteiger partial charge is 0.465 e. The van der Waals surface area contributed by atoms with Crippen LogP contribution in [0.25, 0.3) is 0 Å². The van der Waals surface area contributed by atoms with Crippen molar-refractivity contribution >= 4 is 18.6 Å². The molecular weight excluding hydrogens is 210 g/mol. The zero-order valence-corrected chi connectivity index (χ0v) is 9.47. The number of esters is 1.